The highest BCUT2D eigenvalue weighted by Gasteiger charge is 2.51. The number of nitrogens with one attached hydrogen (secondary N) is 1. The highest BCUT2D eigenvalue weighted by molar-refractivity contribution is 6.31. The molecule has 0 radical (unpaired) electrons. The predicted molar refractivity (Wildman–Crippen MR) is 142 cm³/mol. The van der Waals surface area contributed by atoms with E-state index in [0.717, 1.165) is 28.3 Å². The number of amides is 1. The maximum Gasteiger partial charge on any atom is 0.413 e. The maximum absolute atomic E-state index is 14.0. The monoisotopic (exact) mass is 533 g/mol. The zero-order chi connectivity index (χ0) is 26.9. The van der Waals surface area contributed by atoms with Crippen molar-refractivity contribution in [3.8, 4) is 11.1 Å². The van der Waals surface area contributed by atoms with Gasteiger partial charge in [-0.05, 0) is 48.1 Å². The number of aliphatic carboxylic acids is 1. The number of carboxylic acid groups (broad SMARTS) is 1. The molecule has 0 aliphatic heterocycles. The minimum atomic E-state index is -0.776. The van der Waals surface area contributed by atoms with Crippen LogP contribution >= 0.6 is 11.6 Å². The van der Waals surface area contributed by atoms with Crippen molar-refractivity contribution in [3.05, 3.63) is 107 Å². The minimum absolute atomic E-state index is 0.158. The number of rotatable bonds is 8. The second kappa shape index (κ2) is 10.3. The lowest BCUT2D eigenvalue weighted by molar-refractivity contribution is -0.140. The van der Waals surface area contributed by atoms with Gasteiger partial charge in [0.2, 0.25) is 5.95 Å². The molecule has 1 fully saturated rings. The number of nitrogens with zero attached hydrogens (tertiary/aromatic N) is 2. The van der Waals surface area contributed by atoms with Crippen LogP contribution in [0.2, 0.25) is 5.02 Å². The highest BCUT2D eigenvalue weighted by Crippen LogP contribution is 2.48. The summed E-state index contributed by atoms with van der Waals surface area (Å²) in [5.74, 6) is -1.35. The zero-order valence-electron chi connectivity index (χ0n) is 20.5. The van der Waals surface area contributed by atoms with Gasteiger partial charge in [-0.1, -0.05) is 78.3 Å². The number of carbonyl (C=O) groups excluding carboxylic acids is 1. The fourth-order valence-corrected chi connectivity index (χ4v) is 4.77. The lowest BCUT2D eigenvalue weighted by Gasteiger charge is -2.16. The van der Waals surface area contributed by atoms with Crippen molar-refractivity contribution >= 4 is 29.5 Å². The molecule has 1 atom stereocenters. The molecule has 0 bridgehead atoms. The van der Waals surface area contributed by atoms with Crippen molar-refractivity contribution in [1.29, 1.82) is 0 Å². The van der Waals surface area contributed by atoms with Crippen molar-refractivity contribution in [3.63, 3.8) is 0 Å². The molecule has 7 nitrogen and oxygen atoms in total. The third kappa shape index (κ3) is 5.26. The van der Waals surface area contributed by atoms with Crippen molar-refractivity contribution < 1.29 is 23.8 Å². The van der Waals surface area contributed by atoms with E-state index < -0.39 is 29.5 Å². The van der Waals surface area contributed by atoms with E-state index in [0.29, 0.717) is 23.4 Å². The Hall–Kier alpha value is -4.17. The quantitative estimate of drug-likeness (QED) is 0.259. The first-order chi connectivity index (χ1) is 18.2. The number of carbonyl (C=O) groups is 2. The number of benzene rings is 3. The van der Waals surface area contributed by atoms with Gasteiger partial charge in [0.15, 0.2) is 0 Å². The van der Waals surface area contributed by atoms with Crippen LogP contribution in [0.4, 0.5) is 15.0 Å². The van der Waals surface area contributed by atoms with Crippen LogP contribution in [0.25, 0.3) is 11.1 Å². The van der Waals surface area contributed by atoms with Crippen LogP contribution in [0.5, 0.6) is 0 Å². The fourth-order valence-electron chi connectivity index (χ4n) is 4.48. The first-order valence-electron chi connectivity index (χ1n) is 12.1. The van der Waals surface area contributed by atoms with Gasteiger partial charge in [0.1, 0.15) is 11.9 Å². The standard InChI is InChI=1S/C29H25ClFN3O4/c1-18(23-4-2-3-5-24(23)30)38-28(37)32-26-16-25(31)33-34(26)17-19-6-8-20(9-7-19)21-10-12-22(13-11-21)29(14-15-29)27(35)36/h2-13,16,18H,14-15,17H2,1H3,(H,32,37)(H,35,36). The summed E-state index contributed by atoms with van der Waals surface area (Å²) in [6, 6.07) is 23.4. The summed E-state index contributed by atoms with van der Waals surface area (Å²) < 4.78 is 20.8. The normalized spacial score (nSPS) is 14.5. The molecule has 5 rings (SSSR count). The summed E-state index contributed by atoms with van der Waals surface area (Å²) in [6.07, 6.45) is -0.0302. The summed E-state index contributed by atoms with van der Waals surface area (Å²) in [6.45, 7) is 1.92. The Kier molecular flexibility index (Phi) is 6.91. The van der Waals surface area contributed by atoms with Gasteiger partial charge >= 0.3 is 12.1 Å². The van der Waals surface area contributed by atoms with Gasteiger partial charge in [-0.25, -0.2) is 9.48 Å². The Morgan fingerprint density at radius 3 is 2.32 bits per heavy atom. The molecule has 38 heavy (non-hydrogen) atoms. The first kappa shape index (κ1) is 25.5. The van der Waals surface area contributed by atoms with E-state index in [4.69, 9.17) is 16.3 Å². The Morgan fingerprint density at radius 1 is 1.08 bits per heavy atom. The van der Waals surface area contributed by atoms with Crippen LogP contribution in [0.1, 0.15) is 42.6 Å². The van der Waals surface area contributed by atoms with Crippen molar-refractivity contribution in [1.82, 2.24) is 9.78 Å². The molecular weight excluding hydrogens is 509 g/mol. The fraction of sp³-hybridized carbons (Fsp3) is 0.207. The van der Waals surface area contributed by atoms with E-state index in [1.54, 1.807) is 31.2 Å². The summed E-state index contributed by atoms with van der Waals surface area (Å²) in [7, 11) is 0. The molecule has 1 unspecified atom stereocenters. The van der Waals surface area contributed by atoms with Crippen LogP contribution in [-0.4, -0.2) is 26.9 Å². The van der Waals surface area contributed by atoms with Gasteiger partial charge in [-0.3, -0.25) is 10.1 Å². The number of hydrogen-bond donors (Lipinski definition) is 2. The van der Waals surface area contributed by atoms with Crippen molar-refractivity contribution in [2.24, 2.45) is 0 Å². The molecule has 4 aromatic rings. The molecule has 1 heterocycles. The van der Waals surface area contributed by atoms with Gasteiger partial charge in [-0.15, -0.1) is 5.10 Å². The van der Waals surface area contributed by atoms with Crippen LogP contribution in [0.15, 0.2) is 78.9 Å². The summed E-state index contributed by atoms with van der Waals surface area (Å²) in [4.78, 5) is 24.0. The molecule has 0 saturated heterocycles. The third-order valence-corrected chi connectivity index (χ3v) is 7.17. The topological polar surface area (TPSA) is 93.5 Å². The van der Waals surface area contributed by atoms with Crippen molar-refractivity contribution in [2.75, 3.05) is 5.32 Å². The second-order valence-corrected chi connectivity index (χ2v) is 9.77. The number of anilines is 1. The van der Waals surface area contributed by atoms with Crippen LogP contribution in [0, 0.1) is 5.95 Å². The maximum atomic E-state index is 14.0. The molecule has 3 aromatic carbocycles. The van der Waals surface area contributed by atoms with E-state index in [9.17, 15) is 19.1 Å². The number of ether oxygens (including phenoxy) is 1. The molecule has 0 spiro atoms. The van der Waals surface area contributed by atoms with Crippen LogP contribution < -0.4 is 5.32 Å². The van der Waals surface area contributed by atoms with E-state index in [2.05, 4.69) is 10.4 Å². The van der Waals surface area contributed by atoms with Gasteiger partial charge in [0.05, 0.1) is 12.0 Å². The van der Waals surface area contributed by atoms with Gasteiger partial charge in [0, 0.05) is 16.7 Å². The Balaban J connectivity index is 1.24. The van der Waals surface area contributed by atoms with Gasteiger partial charge in [0.25, 0.3) is 0 Å². The van der Waals surface area contributed by atoms with E-state index >= 15 is 0 Å². The molecule has 9 heteroatoms. The van der Waals surface area contributed by atoms with Gasteiger partial charge in [-0.2, -0.15) is 4.39 Å². The SMILES string of the molecule is CC(OC(=O)Nc1cc(F)nn1Cc1ccc(-c2ccc(C3(C(=O)O)CC3)cc2)cc1)c1ccccc1Cl. The van der Waals surface area contributed by atoms with E-state index in [1.807, 2.05) is 48.5 Å². The molecule has 1 amide bonds. The highest BCUT2D eigenvalue weighted by atomic mass is 35.5. The first-order valence-corrected chi connectivity index (χ1v) is 12.5. The average Bonchev–Trinajstić information content (AvgIpc) is 3.64. The van der Waals surface area contributed by atoms with Gasteiger partial charge < -0.3 is 9.84 Å². The lowest BCUT2D eigenvalue weighted by atomic mass is 9.93. The Bertz CT molecular complexity index is 1480. The van der Waals surface area contributed by atoms with E-state index in [-0.39, 0.29) is 12.4 Å². The average molecular weight is 534 g/mol. The zero-order valence-corrected chi connectivity index (χ0v) is 21.3. The third-order valence-electron chi connectivity index (χ3n) is 6.82. The number of aromatic nitrogens is 2. The number of hydrogen-bond acceptors (Lipinski definition) is 4. The molecule has 2 N–H and O–H groups in total. The Morgan fingerprint density at radius 2 is 1.71 bits per heavy atom. The van der Waals surface area contributed by atoms with E-state index in [1.165, 1.54) is 4.68 Å². The summed E-state index contributed by atoms with van der Waals surface area (Å²) >= 11 is 6.17. The second-order valence-electron chi connectivity index (χ2n) is 9.37. The molecule has 194 valence electrons. The molecular formula is C29H25ClFN3O4. The lowest BCUT2D eigenvalue weighted by Crippen LogP contribution is -2.19. The minimum Gasteiger partial charge on any atom is -0.481 e. The number of halogens is 2. The molecule has 1 aliphatic rings. The smallest absolute Gasteiger partial charge is 0.413 e. The van der Waals surface area contributed by atoms with Crippen molar-refractivity contribution in [2.45, 2.75) is 37.8 Å². The summed E-state index contributed by atoms with van der Waals surface area (Å²) in [5.41, 5.74) is 3.52. The largest absolute Gasteiger partial charge is 0.481 e. The van der Waals surface area contributed by atoms with Crippen LogP contribution in [-0.2, 0) is 21.5 Å². The predicted octanol–water partition coefficient (Wildman–Crippen LogP) is 6.82. The molecule has 1 saturated carbocycles. The summed E-state index contributed by atoms with van der Waals surface area (Å²) in [5, 5.41) is 16.4. The number of carboxylic acids is 1. The molecule has 1 aromatic heterocycles. The molecule has 1 aliphatic carbocycles. The van der Waals surface area contributed by atoms with Crippen LogP contribution in [0.3, 0.4) is 0 Å². The Labute approximate surface area is 223 Å².